The van der Waals surface area contributed by atoms with Gasteiger partial charge in [0.25, 0.3) is 5.24 Å². The first-order valence-electron chi connectivity index (χ1n) is 12.9. The summed E-state index contributed by atoms with van der Waals surface area (Å²) in [5, 5.41) is 10.3. The third-order valence-electron chi connectivity index (χ3n) is 7.47. The zero-order valence-electron chi connectivity index (χ0n) is 21.0. The van der Waals surface area contributed by atoms with E-state index < -0.39 is 5.97 Å². The maximum absolute atomic E-state index is 13.7. The molecule has 1 aromatic rings. The summed E-state index contributed by atoms with van der Waals surface area (Å²) >= 11 is 2.15. The lowest BCUT2D eigenvalue weighted by atomic mass is 9.76. The predicted molar refractivity (Wildman–Crippen MR) is 140 cm³/mol. The molecule has 9 heteroatoms. The van der Waals surface area contributed by atoms with Crippen molar-refractivity contribution in [1.82, 2.24) is 9.88 Å². The zero-order valence-corrected chi connectivity index (χ0v) is 22.6. The Morgan fingerprint density at radius 1 is 1.06 bits per heavy atom. The van der Waals surface area contributed by atoms with Gasteiger partial charge >= 0.3 is 5.97 Å². The Kier molecular flexibility index (Phi) is 8.83. The molecule has 0 radical (unpaired) electrons. The largest absolute Gasteiger partial charge is 0.481 e. The number of carbonyl (C=O) groups excluding carboxylic acids is 3. The van der Waals surface area contributed by atoms with Crippen LogP contribution < -0.4 is 0 Å². The maximum atomic E-state index is 13.7. The molecule has 3 aliphatic carbocycles. The number of carbonyl (C=O) groups is 4. The second-order valence-corrected chi connectivity index (χ2v) is 12.1. The molecule has 2 atom stereocenters. The van der Waals surface area contributed by atoms with Gasteiger partial charge in [0.15, 0.2) is 15.9 Å². The highest BCUT2D eigenvalue weighted by molar-refractivity contribution is 8.14. The summed E-state index contributed by atoms with van der Waals surface area (Å²) in [6, 6.07) is 0. The van der Waals surface area contributed by atoms with E-state index in [2.05, 4.69) is 11.9 Å². The van der Waals surface area contributed by atoms with Gasteiger partial charge in [-0.2, -0.15) is 0 Å². The van der Waals surface area contributed by atoms with Gasteiger partial charge in [-0.3, -0.25) is 19.2 Å². The van der Waals surface area contributed by atoms with Gasteiger partial charge in [-0.1, -0.05) is 39.0 Å². The number of thiazole rings is 1. The fourth-order valence-electron chi connectivity index (χ4n) is 5.70. The van der Waals surface area contributed by atoms with E-state index in [1.54, 1.807) is 12.4 Å². The van der Waals surface area contributed by atoms with Crippen LogP contribution in [0, 0.1) is 11.8 Å². The molecule has 194 valence electrons. The number of unbranched alkanes of at least 4 members (excludes halogenated alkanes) is 5. The SMILES string of the molecule is CCCCCCCCC1=C(CN(C)C(=O)Sc2nc(CC(=O)O)cs2)C(=O)C2=C(C1=O)C1CCC2C1. The summed E-state index contributed by atoms with van der Waals surface area (Å²) in [6.07, 6.45) is 9.88. The molecular weight excluding hydrogens is 496 g/mol. The summed E-state index contributed by atoms with van der Waals surface area (Å²) in [5.41, 5.74) is 3.02. The number of rotatable bonds is 12. The molecular formula is C27H34N2O5S2. The van der Waals surface area contributed by atoms with Crippen molar-refractivity contribution < 1.29 is 24.3 Å². The van der Waals surface area contributed by atoms with Gasteiger partial charge in [-0.25, -0.2) is 4.98 Å². The summed E-state index contributed by atoms with van der Waals surface area (Å²) < 4.78 is 0.466. The fourth-order valence-corrected chi connectivity index (χ4v) is 7.33. The van der Waals surface area contributed by atoms with Crippen LogP contribution in [0.5, 0.6) is 0 Å². The Morgan fingerprint density at radius 3 is 2.36 bits per heavy atom. The molecule has 0 aliphatic heterocycles. The van der Waals surface area contributed by atoms with Crippen molar-refractivity contribution in [3.63, 3.8) is 0 Å². The van der Waals surface area contributed by atoms with Crippen LogP contribution in [0.4, 0.5) is 4.79 Å². The summed E-state index contributed by atoms with van der Waals surface area (Å²) in [4.78, 5) is 56.8. The Bertz CT molecular complexity index is 1120. The van der Waals surface area contributed by atoms with E-state index >= 15 is 0 Å². The van der Waals surface area contributed by atoms with E-state index in [9.17, 15) is 19.2 Å². The van der Waals surface area contributed by atoms with Crippen molar-refractivity contribution >= 4 is 45.9 Å². The predicted octanol–water partition coefficient (Wildman–Crippen LogP) is 5.84. The van der Waals surface area contributed by atoms with Crippen LogP contribution in [-0.4, -0.2) is 51.4 Å². The Labute approximate surface area is 220 Å². The summed E-state index contributed by atoms with van der Waals surface area (Å²) in [6.45, 7) is 2.28. The number of carboxylic acids is 1. The number of aliphatic carboxylic acids is 1. The Balaban J connectivity index is 1.47. The molecule has 0 saturated heterocycles. The Morgan fingerprint density at radius 2 is 1.69 bits per heavy atom. The molecule has 1 aromatic heterocycles. The van der Waals surface area contributed by atoms with Gasteiger partial charge < -0.3 is 10.0 Å². The van der Waals surface area contributed by atoms with Gasteiger partial charge in [-0.15, -0.1) is 11.3 Å². The van der Waals surface area contributed by atoms with Crippen LogP contribution in [0.2, 0.25) is 0 Å². The van der Waals surface area contributed by atoms with E-state index in [0.717, 1.165) is 61.4 Å². The van der Waals surface area contributed by atoms with Crippen LogP contribution in [0.15, 0.2) is 32.0 Å². The molecule has 4 rings (SSSR count). The molecule has 2 unspecified atom stereocenters. The van der Waals surface area contributed by atoms with Crippen molar-refractivity contribution in [1.29, 1.82) is 0 Å². The van der Waals surface area contributed by atoms with Gasteiger partial charge in [0.1, 0.15) is 0 Å². The van der Waals surface area contributed by atoms with Gasteiger partial charge in [0, 0.05) is 46.5 Å². The topological polar surface area (TPSA) is 105 Å². The highest BCUT2D eigenvalue weighted by Gasteiger charge is 2.48. The number of fused-ring (bicyclic) bond motifs is 4. The first-order valence-corrected chi connectivity index (χ1v) is 14.6. The van der Waals surface area contributed by atoms with Crippen LogP contribution >= 0.6 is 23.1 Å². The zero-order chi connectivity index (χ0) is 25.8. The molecule has 1 amide bonds. The van der Waals surface area contributed by atoms with Crippen LogP contribution in [-0.2, 0) is 20.8 Å². The maximum Gasteiger partial charge on any atom is 0.309 e. The second-order valence-electron chi connectivity index (χ2n) is 10.1. The number of hydrogen-bond acceptors (Lipinski definition) is 7. The van der Waals surface area contributed by atoms with E-state index in [1.165, 1.54) is 35.5 Å². The number of allylic oxidation sites excluding steroid dienone is 3. The minimum atomic E-state index is -0.972. The molecule has 7 nitrogen and oxygen atoms in total. The first kappa shape index (κ1) is 26.8. The van der Waals surface area contributed by atoms with Crippen molar-refractivity contribution in [3.8, 4) is 0 Å². The molecule has 0 aromatic carbocycles. The number of amides is 1. The van der Waals surface area contributed by atoms with E-state index in [-0.39, 0.29) is 41.6 Å². The van der Waals surface area contributed by atoms with Gasteiger partial charge in [-0.05, 0) is 43.9 Å². The van der Waals surface area contributed by atoms with Crippen LogP contribution in [0.3, 0.4) is 0 Å². The monoisotopic (exact) mass is 530 g/mol. The molecule has 36 heavy (non-hydrogen) atoms. The number of ketones is 2. The number of nitrogens with zero attached hydrogens (tertiary/aromatic N) is 2. The van der Waals surface area contributed by atoms with Gasteiger partial charge in [0.2, 0.25) is 0 Å². The normalized spacial score (nSPS) is 20.9. The molecule has 0 spiro atoms. The molecule has 3 aliphatic rings. The number of thioether (sulfide) groups is 1. The third kappa shape index (κ3) is 5.83. The molecule has 1 fully saturated rings. The average Bonchev–Trinajstić information content (AvgIpc) is 3.57. The van der Waals surface area contributed by atoms with Crippen molar-refractivity contribution in [3.05, 3.63) is 33.4 Å². The smallest absolute Gasteiger partial charge is 0.309 e. The number of hydrogen-bond donors (Lipinski definition) is 1. The van der Waals surface area contributed by atoms with Crippen molar-refractivity contribution in [2.75, 3.05) is 13.6 Å². The number of carboxylic acid groups (broad SMARTS) is 1. The molecule has 1 heterocycles. The van der Waals surface area contributed by atoms with E-state index in [4.69, 9.17) is 5.11 Å². The molecule has 1 N–H and O–H groups in total. The quantitative estimate of drug-likeness (QED) is 0.206. The Hall–Kier alpha value is -2.26. The average molecular weight is 531 g/mol. The highest BCUT2D eigenvalue weighted by Crippen LogP contribution is 2.52. The van der Waals surface area contributed by atoms with Crippen molar-refractivity contribution in [2.45, 2.75) is 81.9 Å². The number of likely N-dealkylation sites (N-methyl/N-ethyl adjacent to an activating group) is 1. The molecule has 1 saturated carbocycles. The van der Waals surface area contributed by atoms with E-state index in [0.29, 0.717) is 27.6 Å². The third-order valence-corrected chi connectivity index (χ3v) is 9.44. The minimum Gasteiger partial charge on any atom is -0.481 e. The fraction of sp³-hybridized carbons (Fsp3) is 0.593. The summed E-state index contributed by atoms with van der Waals surface area (Å²) in [5.74, 6) is -0.541. The number of Topliss-reactive ketones (excluding diaryl/α,β-unsaturated/α-hetero) is 2. The minimum absolute atomic E-state index is 0.0274. The number of aromatic nitrogens is 1. The van der Waals surface area contributed by atoms with E-state index in [1.807, 2.05) is 0 Å². The van der Waals surface area contributed by atoms with Crippen LogP contribution in [0.1, 0.15) is 76.8 Å². The second kappa shape index (κ2) is 11.9. The summed E-state index contributed by atoms with van der Waals surface area (Å²) in [7, 11) is 1.64. The standard InChI is InChI=1S/C27H34N2O5S2/c1-3-4-5-6-7-8-9-19-20(25(33)23-17-11-10-16(12-17)22(23)24(19)32)14-29(2)27(34)36-26-28-18(15-35-26)13-21(30)31/h15-17H,3-14H2,1-2H3,(H,30,31). The van der Waals surface area contributed by atoms with Crippen LogP contribution in [0.25, 0.3) is 0 Å². The van der Waals surface area contributed by atoms with Crippen molar-refractivity contribution in [2.24, 2.45) is 11.8 Å². The lowest BCUT2D eigenvalue weighted by Crippen LogP contribution is -2.34. The highest BCUT2D eigenvalue weighted by atomic mass is 32.2. The lowest BCUT2D eigenvalue weighted by Gasteiger charge is -2.28. The lowest BCUT2D eigenvalue weighted by molar-refractivity contribution is -0.136. The van der Waals surface area contributed by atoms with Gasteiger partial charge in [0.05, 0.1) is 18.7 Å². The molecule has 2 bridgehead atoms. The first-order chi connectivity index (χ1) is 17.3.